The molecule has 2 aliphatic rings. The molecule has 0 radical (unpaired) electrons. The van der Waals surface area contributed by atoms with E-state index in [0.717, 1.165) is 5.39 Å². The Bertz CT molecular complexity index is 799. The first-order valence-corrected chi connectivity index (χ1v) is 8.08. The molecule has 1 aromatic heterocycles. The third-order valence-electron chi connectivity index (χ3n) is 4.55. The van der Waals surface area contributed by atoms with Crippen molar-refractivity contribution in [2.45, 2.75) is 23.2 Å². The van der Waals surface area contributed by atoms with Crippen molar-refractivity contribution in [1.82, 2.24) is 10.2 Å². The predicted molar refractivity (Wildman–Crippen MR) is 86.4 cm³/mol. The minimum atomic E-state index is -1.22. The fourth-order valence-corrected chi connectivity index (χ4v) is 3.46. The summed E-state index contributed by atoms with van der Waals surface area (Å²) in [4.78, 5) is 26.2. The molecule has 2 aromatic rings. The summed E-state index contributed by atoms with van der Waals surface area (Å²) in [5.74, 6) is -0.0190. The number of hydrogen-bond donors (Lipinski definition) is 1. The predicted octanol–water partition coefficient (Wildman–Crippen LogP) is 3.39. The lowest BCUT2D eigenvalue weighted by Crippen LogP contribution is -2.40. The van der Waals surface area contributed by atoms with Crippen molar-refractivity contribution < 1.29 is 14.0 Å². The number of furan rings is 1. The van der Waals surface area contributed by atoms with Crippen molar-refractivity contribution in [2.24, 2.45) is 5.92 Å². The number of carbonyl (C=O) groups excluding carboxylic acids is 2. The topological polar surface area (TPSA) is 62.6 Å². The van der Waals surface area contributed by atoms with Crippen LogP contribution in [0.4, 0.5) is 4.79 Å². The van der Waals surface area contributed by atoms with Gasteiger partial charge in [-0.05, 0) is 25.5 Å². The van der Waals surface area contributed by atoms with Gasteiger partial charge in [0.05, 0.1) is 0 Å². The largest absolute Gasteiger partial charge is 0.458 e. The summed E-state index contributed by atoms with van der Waals surface area (Å²) >= 11 is 12.0. The second-order valence-corrected chi connectivity index (χ2v) is 7.82. The van der Waals surface area contributed by atoms with E-state index < -0.39 is 15.9 Å². The van der Waals surface area contributed by atoms with E-state index in [1.54, 1.807) is 13.0 Å². The number of urea groups is 1. The summed E-state index contributed by atoms with van der Waals surface area (Å²) in [5, 5.41) is 3.61. The number of hydrogen-bond acceptors (Lipinski definition) is 3. The van der Waals surface area contributed by atoms with Gasteiger partial charge in [0.15, 0.2) is 5.54 Å². The fourth-order valence-electron chi connectivity index (χ4n) is 2.95. The van der Waals surface area contributed by atoms with E-state index in [1.165, 1.54) is 4.90 Å². The number of para-hydroxylation sites is 1. The Morgan fingerprint density at radius 3 is 2.70 bits per heavy atom. The first-order valence-electron chi connectivity index (χ1n) is 7.32. The van der Waals surface area contributed by atoms with Gasteiger partial charge in [-0.15, -0.1) is 23.2 Å². The molecule has 0 unspecified atom stereocenters. The van der Waals surface area contributed by atoms with Crippen LogP contribution < -0.4 is 5.32 Å². The maximum atomic E-state index is 12.8. The van der Waals surface area contributed by atoms with Crippen molar-refractivity contribution in [3.05, 3.63) is 36.1 Å². The highest BCUT2D eigenvalue weighted by molar-refractivity contribution is 6.50. The molecular formula is C16H14Cl2N2O3. The minimum Gasteiger partial charge on any atom is -0.458 e. The number of alkyl halides is 2. The van der Waals surface area contributed by atoms with Crippen LogP contribution in [0.25, 0.3) is 11.0 Å². The molecule has 120 valence electrons. The molecule has 1 aliphatic heterocycles. The van der Waals surface area contributed by atoms with E-state index in [1.807, 2.05) is 24.3 Å². The Hall–Kier alpha value is -1.72. The smallest absolute Gasteiger partial charge is 0.325 e. The van der Waals surface area contributed by atoms with Gasteiger partial charge in [0.1, 0.15) is 15.7 Å². The van der Waals surface area contributed by atoms with Crippen LogP contribution in [-0.4, -0.2) is 27.7 Å². The number of nitrogens with zero attached hydrogens (tertiary/aromatic N) is 1. The van der Waals surface area contributed by atoms with E-state index in [4.69, 9.17) is 27.6 Å². The fraction of sp³-hybridized carbons (Fsp3) is 0.375. The first kappa shape index (κ1) is 14.8. The van der Waals surface area contributed by atoms with Crippen LogP contribution in [-0.2, 0) is 10.3 Å². The number of imide groups is 1. The van der Waals surface area contributed by atoms with Gasteiger partial charge >= 0.3 is 6.03 Å². The standard InChI is InChI=1S/C16H14Cl2N2O3/c1-15(12-6-9-4-2-3-5-11(9)23-12)13(21)20(14(22)19-15)8-10-7-16(10,17)18/h2-6,10H,7-8H2,1H3,(H,19,22)/t10-,15+/m1/s1. The van der Waals surface area contributed by atoms with Gasteiger partial charge in [0.25, 0.3) is 5.91 Å². The van der Waals surface area contributed by atoms with Crippen LogP contribution in [0, 0.1) is 5.92 Å². The summed E-state index contributed by atoms with van der Waals surface area (Å²) in [6.45, 7) is 1.86. The van der Waals surface area contributed by atoms with Crippen LogP contribution in [0.3, 0.4) is 0 Å². The van der Waals surface area contributed by atoms with Gasteiger partial charge in [-0.3, -0.25) is 9.69 Å². The maximum absolute atomic E-state index is 12.8. The van der Waals surface area contributed by atoms with Crippen LogP contribution in [0.15, 0.2) is 34.7 Å². The van der Waals surface area contributed by atoms with E-state index >= 15 is 0 Å². The molecule has 1 N–H and O–H groups in total. The van der Waals surface area contributed by atoms with Crippen LogP contribution >= 0.6 is 23.2 Å². The molecule has 2 heterocycles. The molecule has 3 amide bonds. The average molecular weight is 353 g/mol. The number of halogens is 2. The third-order valence-corrected chi connectivity index (χ3v) is 5.48. The third kappa shape index (κ3) is 2.22. The Kier molecular flexibility index (Phi) is 3.00. The zero-order valence-corrected chi connectivity index (χ0v) is 13.8. The highest BCUT2D eigenvalue weighted by Crippen LogP contribution is 2.53. The van der Waals surface area contributed by atoms with Gasteiger partial charge in [0.2, 0.25) is 0 Å². The highest BCUT2D eigenvalue weighted by atomic mass is 35.5. The normalized spacial score (nSPS) is 29.2. The Balaban J connectivity index is 1.65. The molecule has 5 nitrogen and oxygen atoms in total. The lowest BCUT2D eigenvalue weighted by Gasteiger charge is -2.19. The Morgan fingerprint density at radius 2 is 2.04 bits per heavy atom. The molecule has 0 bridgehead atoms. The van der Waals surface area contributed by atoms with Crippen molar-refractivity contribution in [2.75, 3.05) is 6.54 Å². The molecule has 23 heavy (non-hydrogen) atoms. The second kappa shape index (κ2) is 4.65. The number of fused-ring (bicyclic) bond motifs is 1. The minimum absolute atomic E-state index is 0.0847. The molecule has 4 rings (SSSR count). The number of rotatable bonds is 3. The number of nitrogens with one attached hydrogen (secondary N) is 1. The molecule has 7 heteroatoms. The molecule has 2 atom stereocenters. The summed E-state index contributed by atoms with van der Waals surface area (Å²) in [5.41, 5.74) is -0.543. The van der Waals surface area contributed by atoms with Gasteiger partial charge in [0, 0.05) is 17.8 Å². The summed E-state index contributed by atoms with van der Waals surface area (Å²) in [6.07, 6.45) is 0.578. The average Bonchev–Trinajstić information content (AvgIpc) is 2.85. The number of benzene rings is 1. The van der Waals surface area contributed by atoms with Gasteiger partial charge in [-0.2, -0.15) is 0 Å². The van der Waals surface area contributed by atoms with E-state index in [0.29, 0.717) is 17.8 Å². The SMILES string of the molecule is C[C@@]1(c2cc3ccccc3o2)NC(=O)N(C[C@H]2CC2(Cl)Cl)C1=O. The highest BCUT2D eigenvalue weighted by Gasteiger charge is 2.57. The molecule has 1 aliphatic carbocycles. The van der Waals surface area contributed by atoms with Crippen molar-refractivity contribution in [3.8, 4) is 0 Å². The summed E-state index contributed by atoms with van der Waals surface area (Å²) in [7, 11) is 0. The summed E-state index contributed by atoms with van der Waals surface area (Å²) in [6, 6.07) is 8.78. The monoisotopic (exact) mass is 352 g/mol. The van der Waals surface area contributed by atoms with Gasteiger partial charge < -0.3 is 9.73 Å². The van der Waals surface area contributed by atoms with Gasteiger partial charge in [-0.25, -0.2) is 4.79 Å². The molecular weight excluding hydrogens is 339 g/mol. The summed E-state index contributed by atoms with van der Waals surface area (Å²) < 4.78 is 4.93. The lowest BCUT2D eigenvalue weighted by atomic mass is 9.99. The van der Waals surface area contributed by atoms with Crippen molar-refractivity contribution in [1.29, 1.82) is 0 Å². The first-order chi connectivity index (χ1) is 10.8. The quantitative estimate of drug-likeness (QED) is 0.680. The van der Waals surface area contributed by atoms with Gasteiger partial charge in [-0.1, -0.05) is 18.2 Å². The molecule has 1 saturated heterocycles. The van der Waals surface area contributed by atoms with Crippen LogP contribution in [0.1, 0.15) is 19.1 Å². The van der Waals surface area contributed by atoms with E-state index in [-0.39, 0.29) is 18.4 Å². The maximum Gasteiger partial charge on any atom is 0.325 e. The number of carbonyl (C=O) groups is 2. The zero-order chi connectivity index (χ0) is 16.4. The van der Waals surface area contributed by atoms with Crippen LogP contribution in [0.5, 0.6) is 0 Å². The molecule has 1 aromatic carbocycles. The Labute approximate surface area is 142 Å². The molecule has 2 fully saturated rings. The number of amides is 3. The van der Waals surface area contributed by atoms with Crippen molar-refractivity contribution >= 4 is 46.1 Å². The Morgan fingerprint density at radius 1 is 1.35 bits per heavy atom. The molecule has 0 spiro atoms. The second-order valence-electron chi connectivity index (χ2n) is 6.28. The van der Waals surface area contributed by atoms with E-state index in [9.17, 15) is 9.59 Å². The zero-order valence-electron chi connectivity index (χ0n) is 12.3. The van der Waals surface area contributed by atoms with E-state index in [2.05, 4.69) is 5.32 Å². The molecule has 1 saturated carbocycles. The lowest BCUT2D eigenvalue weighted by molar-refractivity contribution is -0.131. The van der Waals surface area contributed by atoms with Crippen LogP contribution in [0.2, 0.25) is 0 Å². The van der Waals surface area contributed by atoms with Crippen molar-refractivity contribution in [3.63, 3.8) is 0 Å².